The number of ether oxygens (including phenoxy) is 1. The van der Waals surface area contributed by atoms with Crippen LogP contribution in [0.4, 0.5) is 5.69 Å². The van der Waals surface area contributed by atoms with E-state index in [9.17, 15) is 9.90 Å². The maximum Gasteiger partial charge on any atom is 0.339 e. The maximum atomic E-state index is 11.3. The largest absolute Gasteiger partial charge is 0.478 e. The molecular weight excluding hydrogens is 266 g/mol. The molecule has 1 heterocycles. The van der Waals surface area contributed by atoms with Gasteiger partial charge in [0.15, 0.2) is 0 Å². The van der Waals surface area contributed by atoms with Gasteiger partial charge in [0, 0.05) is 6.61 Å². The lowest BCUT2D eigenvalue weighted by atomic mass is 10.0. The number of benzene rings is 1. The fourth-order valence-corrected chi connectivity index (χ4v) is 2.97. The Hall–Kier alpha value is -1.26. The molecular formula is C14H16ClNO3. The van der Waals surface area contributed by atoms with Crippen molar-refractivity contribution in [3.05, 3.63) is 28.8 Å². The summed E-state index contributed by atoms with van der Waals surface area (Å²) >= 11 is 5.97. The highest BCUT2D eigenvalue weighted by Gasteiger charge is 2.40. The Balaban J connectivity index is 1.82. The fraction of sp³-hybridized carbons (Fsp3) is 0.500. The summed E-state index contributed by atoms with van der Waals surface area (Å²) in [6.45, 7) is 0.738. The summed E-state index contributed by atoms with van der Waals surface area (Å²) in [5, 5.41) is 12.8. The first kappa shape index (κ1) is 12.8. The van der Waals surface area contributed by atoms with Gasteiger partial charge < -0.3 is 15.2 Å². The minimum atomic E-state index is -1.00. The molecule has 2 fully saturated rings. The number of nitrogens with one attached hydrogen (secondary N) is 1. The fourth-order valence-electron chi connectivity index (χ4n) is 2.72. The van der Waals surface area contributed by atoms with E-state index in [1.165, 1.54) is 12.8 Å². The zero-order valence-electron chi connectivity index (χ0n) is 10.4. The monoisotopic (exact) mass is 281 g/mol. The molecule has 1 saturated carbocycles. The van der Waals surface area contributed by atoms with Crippen LogP contribution in [-0.2, 0) is 4.74 Å². The zero-order valence-corrected chi connectivity index (χ0v) is 11.2. The van der Waals surface area contributed by atoms with Crippen LogP contribution >= 0.6 is 11.6 Å². The van der Waals surface area contributed by atoms with E-state index in [4.69, 9.17) is 16.3 Å². The molecule has 0 bridgehead atoms. The Bertz CT molecular complexity index is 501. The van der Waals surface area contributed by atoms with E-state index < -0.39 is 5.97 Å². The molecule has 0 spiro atoms. The number of carboxylic acids is 1. The molecule has 3 rings (SSSR count). The van der Waals surface area contributed by atoms with Crippen LogP contribution in [0.15, 0.2) is 18.2 Å². The highest BCUT2D eigenvalue weighted by molar-refractivity contribution is 6.34. The van der Waals surface area contributed by atoms with E-state index >= 15 is 0 Å². The number of hydrogen-bond donors (Lipinski definition) is 2. The average Bonchev–Trinajstić information content (AvgIpc) is 3.10. The number of carboxylic acid groups (broad SMARTS) is 1. The van der Waals surface area contributed by atoms with Crippen molar-refractivity contribution in [2.24, 2.45) is 5.92 Å². The second kappa shape index (κ2) is 5.02. The van der Waals surface area contributed by atoms with Gasteiger partial charge in [-0.25, -0.2) is 4.79 Å². The van der Waals surface area contributed by atoms with Crippen LogP contribution in [0.3, 0.4) is 0 Å². The molecule has 2 atom stereocenters. The van der Waals surface area contributed by atoms with Gasteiger partial charge in [0.2, 0.25) is 0 Å². The third-order valence-electron chi connectivity index (χ3n) is 3.79. The molecule has 5 heteroatoms. The summed E-state index contributed by atoms with van der Waals surface area (Å²) in [5.74, 6) is -0.373. The van der Waals surface area contributed by atoms with E-state index in [0.29, 0.717) is 11.6 Å². The van der Waals surface area contributed by atoms with Crippen LogP contribution in [0.1, 0.15) is 29.6 Å². The predicted molar refractivity (Wildman–Crippen MR) is 72.9 cm³/mol. The van der Waals surface area contributed by atoms with Crippen molar-refractivity contribution < 1.29 is 14.6 Å². The molecule has 1 saturated heterocycles. The molecule has 19 heavy (non-hydrogen) atoms. The van der Waals surface area contributed by atoms with Gasteiger partial charge in [0.25, 0.3) is 0 Å². The van der Waals surface area contributed by atoms with E-state index in [0.717, 1.165) is 13.0 Å². The Morgan fingerprint density at radius 3 is 2.84 bits per heavy atom. The van der Waals surface area contributed by atoms with Gasteiger partial charge in [-0.1, -0.05) is 17.7 Å². The molecule has 1 aliphatic carbocycles. The second-order valence-corrected chi connectivity index (χ2v) is 5.59. The van der Waals surface area contributed by atoms with Gasteiger partial charge in [-0.05, 0) is 37.3 Å². The Kier molecular flexibility index (Phi) is 3.37. The number of rotatable bonds is 4. The third kappa shape index (κ3) is 2.55. The molecule has 0 aromatic heterocycles. The van der Waals surface area contributed by atoms with Crippen LogP contribution in [0.2, 0.25) is 5.02 Å². The van der Waals surface area contributed by atoms with Gasteiger partial charge in [0.05, 0.1) is 22.9 Å². The zero-order chi connectivity index (χ0) is 13.4. The average molecular weight is 282 g/mol. The van der Waals surface area contributed by atoms with Crippen molar-refractivity contribution in [3.8, 4) is 0 Å². The van der Waals surface area contributed by atoms with E-state index in [1.807, 2.05) is 0 Å². The van der Waals surface area contributed by atoms with Crippen molar-refractivity contribution in [1.29, 1.82) is 0 Å². The molecule has 2 N–H and O–H groups in total. The molecule has 0 amide bonds. The van der Waals surface area contributed by atoms with Crippen molar-refractivity contribution >= 4 is 23.3 Å². The number of carbonyl (C=O) groups is 1. The van der Waals surface area contributed by atoms with Crippen molar-refractivity contribution in [2.45, 2.75) is 31.4 Å². The van der Waals surface area contributed by atoms with E-state index in [1.54, 1.807) is 18.2 Å². The molecule has 1 aromatic rings. The van der Waals surface area contributed by atoms with Gasteiger partial charge in [-0.2, -0.15) is 0 Å². The lowest BCUT2D eigenvalue weighted by Gasteiger charge is -2.21. The first-order chi connectivity index (χ1) is 9.16. The summed E-state index contributed by atoms with van der Waals surface area (Å²) in [5.41, 5.74) is 0.728. The minimum Gasteiger partial charge on any atom is -0.478 e. The topological polar surface area (TPSA) is 58.6 Å². The quantitative estimate of drug-likeness (QED) is 0.891. The molecule has 2 aliphatic rings. The van der Waals surface area contributed by atoms with Crippen LogP contribution < -0.4 is 5.32 Å². The van der Waals surface area contributed by atoms with Crippen LogP contribution in [-0.4, -0.2) is 29.8 Å². The van der Waals surface area contributed by atoms with Crippen molar-refractivity contribution in [3.63, 3.8) is 0 Å². The molecule has 102 valence electrons. The number of aromatic carboxylic acids is 1. The van der Waals surface area contributed by atoms with Crippen molar-refractivity contribution in [1.82, 2.24) is 0 Å². The number of anilines is 1. The van der Waals surface area contributed by atoms with Crippen LogP contribution in [0.5, 0.6) is 0 Å². The Morgan fingerprint density at radius 2 is 2.16 bits per heavy atom. The summed E-state index contributed by atoms with van der Waals surface area (Å²) in [4.78, 5) is 11.3. The standard InChI is InChI=1S/C14H16ClNO3/c15-9-2-1-3-10(12(9)14(17)18)16-11-6-7-19-13(11)8-4-5-8/h1-3,8,11,13,16H,4-7H2,(H,17,18). The molecule has 1 aliphatic heterocycles. The van der Waals surface area contributed by atoms with E-state index in [2.05, 4.69) is 5.32 Å². The van der Waals surface area contributed by atoms with Gasteiger partial charge in [-0.3, -0.25) is 0 Å². The molecule has 4 nitrogen and oxygen atoms in total. The lowest BCUT2D eigenvalue weighted by molar-refractivity contribution is 0.0697. The normalized spacial score (nSPS) is 26.4. The minimum absolute atomic E-state index is 0.144. The SMILES string of the molecule is O=C(O)c1c(Cl)cccc1NC1CCOC1C1CC1. The van der Waals surface area contributed by atoms with Crippen molar-refractivity contribution in [2.75, 3.05) is 11.9 Å². The van der Waals surface area contributed by atoms with Crippen LogP contribution in [0, 0.1) is 5.92 Å². The summed E-state index contributed by atoms with van der Waals surface area (Å²) in [7, 11) is 0. The van der Waals surface area contributed by atoms with E-state index in [-0.39, 0.29) is 22.7 Å². The smallest absolute Gasteiger partial charge is 0.339 e. The van der Waals surface area contributed by atoms with Gasteiger partial charge in [-0.15, -0.1) is 0 Å². The highest BCUT2D eigenvalue weighted by atomic mass is 35.5. The van der Waals surface area contributed by atoms with Gasteiger partial charge in [0.1, 0.15) is 5.56 Å². The first-order valence-corrected chi connectivity index (χ1v) is 6.94. The highest BCUT2D eigenvalue weighted by Crippen LogP contribution is 2.40. The lowest BCUT2D eigenvalue weighted by Crippen LogP contribution is -2.31. The first-order valence-electron chi connectivity index (χ1n) is 6.57. The van der Waals surface area contributed by atoms with Crippen LogP contribution in [0.25, 0.3) is 0 Å². The third-order valence-corrected chi connectivity index (χ3v) is 4.11. The molecule has 2 unspecified atom stereocenters. The number of hydrogen-bond acceptors (Lipinski definition) is 3. The summed E-state index contributed by atoms with van der Waals surface area (Å²) in [6, 6.07) is 5.31. The Morgan fingerprint density at radius 1 is 1.37 bits per heavy atom. The Labute approximate surface area is 116 Å². The second-order valence-electron chi connectivity index (χ2n) is 5.18. The summed E-state index contributed by atoms with van der Waals surface area (Å²) in [6.07, 6.45) is 3.54. The molecule has 1 aromatic carbocycles. The predicted octanol–water partition coefficient (Wildman–Crippen LogP) is 3.02. The molecule has 0 radical (unpaired) electrons. The number of halogens is 1. The van der Waals surface area contributed by atoms with Gasteiger partial charge >= 0.3 is 5.97 Å². The summed E-state index contributed by atoms with van der Waals surface area (Å²) < 4.78 is 5.75. The maximum absolute atomic E-state index is 11.3.